The summed E-state index contributed by atoms with van der Waals surface area (Å²) in [6.45, 7) is 5.97. The van der Waals surface area contributed by atoms with Crippen LogP contribution in [0.4, 0.5) is 0 Å². The van der Waals surface area contributed by atoms with E-state index in [1.807, 2.05) is 0 Å². The Kier molecular flexibility index (Phi) is 5.33. The molecule has 0 aliphatic carbocycles. The highest BCUT2D eigenvalue weighted by Gasteiger charge is 1.98. The van der Waals surface area contributed by atoms with Gasteiger partial charge in [-0.3, -0.25) is 0 Å². The summed E-state index contributed by atoms with van der Waals surface area (Å²) in [5, 5.41) is 3.33. The molecule has 1 aromatic rings. The van der Waals surface area contributed by atoms with Crippen molar-refractivity contribution in [1.29, 1.82) is 0 Å². The topological polar surface area (TPSA) is 26.2 Å². The van der Waals surface area contributed by atoms with Crippen LogP contribution >= 0.6 is 0 Å². The lowest BCUT2D eigenvalue weighted by Gasteiger charge is -2.08. The van der Waals surface area contributed by atoms with E-state index in [0.29, 0.717) is 0 Å². The lowest BCUT2D eigenvalue weighted by atomic mass is 10.4. The molecular formula is C11H20N2O. The largest absolute Gasteiger partial charge is 0.385 e. The van der Waals surface area contributed by atoms with Crippen LogP contribution in [0.15, 0.2) is 18.3 Å². The number of methoxy groups -OCH3 is 1. The van der Waals surface area contributed by atoms with E-state index >= 15 is 0 Å². The van der Waals surface area contributed by atoms with Crippen molar-refractivity contribution in [3.05, 3.63) is 24.0 Å². The van der Waals surface area contributed by atoms with E-state index in [1.165, 1.54) is 5.69 Å². The molecule has 0 bridgehead atoms. The van der Waals surface area contributed by atoms with Gasteiger partial charge in [-0.15, -0.1) is 0 Å². The molecule has 1 N–H and O–H groups in total. The van der Waals surface area contributed by atoms with Crippen molar-refractivity contribution in [3.63, 3.8) is 0 Å². The zero-order valence-electron chi connectivity index (χ0n) is 9.12. The molecule has 0 aliphatic heterocycles. The zero-order chi connectivity index (χ0) is 10.2. The molecular weight excluding hydrogens is 176 g/mol. The number of hydrogen-bond donors (Lipinski definition) is 1. The number of nitrogens with one attached hydrogen (secondary N) is 1. The highest BCUT2D eigenvalue weighted by Crippen LogP contribution is 2.03. The number of aryl methyl sites for hydroxylation is 1. The summed E-state index contributed by atoms with van der Waals surface area (Å²) in [6, 6.07) is 4.26. The molecule has 80 valence electrons. The Hall–Kier alpha value is -0.800. The Balaban J connectivity index is 2.37. The van der Waals surface area contributed by atoms with Gasteiger partial charge in [0.05, 0.1) is 0 Å². The van der Waals surface area contributed by atoms with Gasteiger partial charge in [-0.05, 0) is 25.1 Å². The van der Waals surface area contributed by atoms with Crippen LogP contribution < -0.4 is 5.32 Å². The predicted molar refractivity (Wildman–Crippen MR) is 58.3 cm³/mol. The third kappa shape index (κ3) is 3.52. The highest BCUT2D eigenvalue weighted by atomic mass is 16.5. The summed E-state index contributed by atoms with van der Waals surface area (Å²) in [5.41, 5.74) is 1.35. The first-order valence-electron chi connectivity index (χ1n) is 5.22. The second-order valence-corrected chi connectivity index (χ2v) is 3.32. The van der Waals surface area contributed by atoms with Gasteiger partial charge in [0, 0.05) is 38.7 Å². The molecule has 1 rings (SSSR count). The van der Waals surface area contributed by atoms with E-state index < -0.39 is 0 Å². The summed E-state index contributed by atoms with van der Waals surface area (Å²) >= 11 is 0. The predicted octanol–water partition coefficient (Wildman–Crippen LogP) is 1.63. The third-order valence-corrected chi connectivity index (χ3v) is 2.23. The molecule has 3 heteroatoms. The van der Waals surface area contributed by atoms with Gasteiger partial charge < -0.3 is 14.6 Å². The van der Waals surface area contributed by atoms with E-state index in [-0.39, 0.29) is 0 Å². The minimum atomic E-state index is 0.832. The second-order valence-electron chi connectivity index (χ2n) is 3.32. The Bertz CT molecular complexity index is 245. The summed E-state index contributed by atoms with van der Waals surface area (Å²) < 4.78 is 7.31. The fourth-order valence-electron chi connectivity index (χ4n) is 1.46. The van der Waals surface area contributed by atoms with Gasteiger partial charge in [-0.1, -0.05) is 6.92 Å². The Morgan fingerprint density at radius 3 is 3.07 bits per heavy atom. The molecule has 14 heavy (non-hydrogen) atoms. The third-order valence-electron chi connectivity index (χ3n) is 2.23. The molecule has 0 spiro atoms. The smallest absolute Gasteiger partial charge is 0.0479 e. The van der Waals surface area contributed by atoms with Crippen LogP contribution in [0.1, 0.15) is 19.0 Å². The van der Waals surface area contributed by atoms with Crippen LogP contribution in [0.25, 0.3) is 0 Å². The molecule has 0 unspecified atom stereocenters. The Labute approximate surface area is 86.1 Å². The quantitative estimate of drug-likeness (QED) is 0.671. The first-order valence-corrected chi connectivity index (χ1v) is 5.22. The molecule has 0 amide bonds. The fraction of sp³-hybridized carbons (Fsp3) is 0.636. The monoisotopic (exact) mass is 196 g/mol. The lowest BCUT2D eigenvalue weighted by molar-refractivity contribution is 0.190. The molecule has 0 fully saturated rings. The molecule has 1 heterocycles. The van der Waals surface area contributed by atoms with Crippen molar-refractivity contribution >= 4 is 0 Å². The van der Waals surface area contributed by atoms with E-state index in [1.54, 1.807) is 7.11 Å². The summed E-state index contributed by atoms with van der Waals surface area (Å²) in [4.78, 5) is 0. The number of hydrogen-bond acceptors (Lipinski definition) is 2. The Morgan fingerprint density at radius 1 is 1.50 bits per heavy atom. The maximum absolute atomic E-state index is 5.03. The summed E-state index contributed by atoms with van der Waals surface area (Å²) in [7, 11) is 1.75. The molecule has 3 nitrogen and oxygen atoms in total. The lowest BCUT2D eigenvalue weighted by Crippen LogP contribution is -2.15. The molecule has 0 saturated carbocycles. The SMILES string of the molecule is CCNCc1cccn1CCCOC. The number of rotatable bonds is 7. The van der Waals surface area contributed by atoms with Crippen LogP contribution in [0.3, 0.4) is 0 Å². The van der Waals surface area contributed by atoms with Gasteiger partial charge in [0.15, 0.2) is 0 Å². The van der Waals surface area contributed by atoms with Crippen LogP contribution in [-0.2, 0) is 17.8 Å². The van der Waals surface area contributed by atoms with Gasteiger partial charge in [0.1, 0.15) is 0 Å². The minimum Gasteiger partial charge on any atom is -0.385 e. The van der Waals surface area contributed by atoms with Crippen molar-refractivity contribution in [2.75, 3.05) is 20.3 Å². The van der Waals surface area contributed by atoms with E-state index in [9.17, 15) is 0 Å². The average Bonchev–Trinajstić information content (AvgIpc) is 2.63. The summed E-state index contributed by atoms with van der Waals surface area (Å²) in [5.74, 6) is 0. The van der Waals surface area contributed by atoms with Gasteiger partial charge in [-0.2, -0.15) is 0 Å². The molecule has 0 radical (unpaired) electrons. The van der Waals surface area contributed by atoms with Gasteiger partial charge in [-0.25, -0.2) is 0 Å². The van der Waals surface area contributed by atoms with Crippen LogP contribution in [0.5, 0.6) is 0 Å². The molecule has 0 saturated heterocycles. The maximum atomic E-state index is 5.03. The Morgan fingerprint density at radius 2 is 2.36 bits per heavy atom. The highest BCUT2D eigenvalue weighted by molar-refractivity contribution is 5.06. The zero-order valence-corrected chi connectivity index (χ0v) is 9.12. The van der Waals surface area contributed by atoms with Gasteiger partial charge >= 0.3 is 0 Å². The van der Waals surface area contributed by atoms with Crippen molar-refractivity contribution in [2.24, 2.45) is 0 Å². The first-order chi connectivity index (χ1) is 6.88. The number of nitrogens with zero attached hydrogens (tertiary/aromatic N) is 1. The second kappa shape index (κ2) is 6.62. The van der Waals surface area contributed by atoms with Crippen molar-refractivity contribution < 1.29 is 4.74 Å². The van der Waals surface area contributed by atoms with Crippen LogP contribution in [0, 0.1) is 0 Å². The average molecular weight is 196 g/mol. The fourth-order valence-corrected chi connectivity index (χ4v) is 1.46. The number of ether oxygens (including phenoxy) is 1. The summed E-state index contributed by atoms with van der Waals surface area (Å²) in [6.07, 6.45) is 3.20. The van der Waals surface area contributed by atoms with E-state index in [2.05, 4.69) is 35.1 Å². The molecule has 0 atom stereocenters. The number of aromatic nitrogens is 1. The van der Waals surface area contributed by atoms with E-state index in [0.717, 1.165) is 32.7 Å². The first kappa shape index (κ1) is 11.3. The van der Waals surface area contributed by atoms with E-state index in [4.69, 9.17) is 4.74 Å². The van der Waals surface area contributed by atoms with Gasteiger partial charge in [0.2, 0.25) is 0 Å². The van der Waals surface area contributed by atoms with Gasteiger partial charge in [0.25, 0.3) is 0 Å². The van der Waals surface area contributed by atoms with Crippen LogP contribution in [-0.4, -0.2) is 24.8 Å². The van der Waals surface area contributed by atoms with Crippen molar-refractivity contribution in [2.45, 2.75) is 26.4 Å². The van der Waals surface area contributed by atoms with Crippen LogP contribution in [0.2, 0.25) is 0 Å². The normalized spacial score (nSPS) is 10.7. The molecule has 1 aromatic heterocycles. The molecule has 0 aromatic carbocycles. The van der Waals surface area contributed by atoms with Crippen molar-refractivity contribution in [1.82, 2.24) is 9.88 Å². The minimum absolute atomic E-state index is 0.832. The van der Waals surface area contributed by atoms with Crippen molar-refractivity contribution in [3.8, 4) is 0 Å². The maximum Gasteiger partial charge on any atom is 0.0479 e. The molecule has 0 aliphatic rings. The standard InChI is InChI=1S/C11H20N2O/c1-3-12-10-11-6-4-7-13(11)8-5-9-14-2/h4,6-7,12H,3,5,8-10H2,1-2H3.